The molecule has 1 amide bonds. The van der Waals surface area contributed by atoms with E-state index >= 15 is 0 Å². The highest BCUT2D eigenvalue weighted by Crippen LogP contribution is 2.16. The fourth-order valence-electron chi connectivity index (χ4n) is 1.39. The molecule has 16 heavy (non-hydrogen) atoms. The van der Waals surface area contributed by atoms with Crippen molar-refractivity contribution in [1.82, 2.24) is 5.32 Å². The Morgan fingerprint density at radius 1 is 1.56 bits per heavy atom. The van der Waals surface area contributed by atoms with E-state index in [0.29, 0.717) is 11.1 Å². The van der Waals surface area contributed by atoms with Gasteiger partial charge < -0.3 is 14.8 Å². The van der Waals surface area contributed by atoms with Crippen LogP contribution in [0.25, 0.3) is 0 Å². The van der Waals surface area contributed by atoms with Gasteiger partial charge in [-0.2, -0.15) is 0 Å². The minimum absolute atomic E-state index is 0.00516. The summed E-state index contributed by atoms with van der Waals surface area (Å²) in [6.07, 6.45) is -2.24. The maximum atomic E-state index is 10.9. The largest absolute Gasteiger partial charge is 0.490 e. The van der Waals surface area contributed by atoms with Crippen molar-refractivity contribution in [3.8, 4) is 5.75 Å². The van der Waals surface area contributed by atoms with Crippen LogP contribution in [0.5, 0.6) is 5.75 Å². The maximum Gasteiger partial charge on any atom is 0.407 e. The molecule has 1 aliphatic rings. The molecule has 86 valence electrons. The standard InChI is InChI=1S/C12H15NO3/c1-8-3-9(2)5-10(4-8)15-7-11-6-13-12(14)16-11/h3-5,11H,6-7H2,1-2H3,(H,13,14)/i3D,4D,5D,11D. The number of benzene rings is 1. The number of hydrogen-bond acceptors (Lipinski definition) is 3. The summed E-state index contributed by atoms with van der Waals surface area (Å²) in [5.41, 5.74) is 0.822. The SMILES string of the molecule is [2H]c1c(C)c([2H])c(OCC2([2H])CNC(=O)O2)c([2H])c1C. The topological polar surface area (TPSA) is 47.6 Å². The van der Waals surface area contributed by atoms with Crippen LogP contribution in [0.1, 0.15) is 16.6 Å². The molecule has 0 bridgehead atoms. The first-order valence-electron chi connectivity index (χ1n) is 6.92. The molecular formula is C12H15NO3. The molecule has 2 rings (SSSR count). The lowest BCUT2D eigenvalue weighted by Crippen LogP contribution is -2.21. The Balaban J connectivity index is 2.24. The zero-order chi connectivity index (χ0) is 15.1. The van der Waals surface area contributed by atoms with Crippen molar-refractivity contribution in [3.63, 3.8) is 0 Å². The van der Waals surface area contributed by atoms with Gasteiger partial charge in [0.2, 0.25) is 0 Å². The van der Waals surface area contributed by atoms with E-state index in [1.807, 2.05) is 0 Å². The second-order valence-corrected chi connectivity index (χ2v) is 3.52. The number of alkyl carbamates (subject to hydrolysis) is 1. The fourth-order valence-corrected chi connectivity index (χ4v) is 1.39. The second-order valence-electron chi connectivity index (χ2n) is 3.52. The van der Waals surface area contributed by atoms with Gasteiger partial charge in [0.15, 0.2) is 6.08 Å². The number of amides is 1. The van der Waals surface area contributed by atoms with E-state index < -0.39 is 12.2 Å². The van der Waals surface area contributed by atoms with Crippen LogP contribution >= 0.6 is 0 Å². The maximum absolute atomic E-state index is 10.9. The first-order valence-corrected chi connectivity index (χ1v) is 4.92. The molecule has 1 aromatic rings. The lowest BCUT2D eigenvalue weighted by atomic mass is 10.1. The summed E-state index contributed by atoms with van der Waals surface area (Å²) in [7, 11) is 0. The van der Waals surface area contributed by atoms with E-state index in [-0.39, 0.29) is 37.0 Å². The quantitative estimate of drug-likeness (QED) is 0.853. The molecule has 0 saturated carbocycles. The molecule has 4 nitrogen and oxygen atoms in total. The average molecular weight is 225 g/mol. The molecule has 0 spiro atoms. The highest BCUT2D eigenvalue weighted by molar-refractivity contribution is 5.69. The Labute approximate surface area is 100 Å². The van der Waals surface area contributed by atoms with E-state index in [0.717, 1.165) is 0 Å². The zero-order valence-corrected chi connectivity index (χ0v) is 9.14. The number of rotatable bonds is 3. The molecule has 1 N–H and O–H groups in total. The van der Waals surface area contributed by atoms with E-state index in [9.17, 15) is 4.79 Å². The second kappa shape index (κ2) is 4.43. The molecule has 0 aliphatic carbocycles. The Hall–Kier alpha value is -1.71. The predicted molar refractivity (Wildman–Crippen MR) is 59.7 cm³/mol. The van der Waals surface area contributed by atoms with Gasteiger partial charge in [-0.05, 0) is 37.1 Å². The van der Waals surface area contributed by atoms with E-state index in [2.05, 4.69) is 5.32 Å². The summed E-state index contributed by atoms with van der Waals surface area (Å²) >= 11 is 0. The van der Waals surface area contributed by atoms with Crippen LogP contribution in [0.15, 0.2) is 18.1 Å². The Morgan fingerprint density at radius 2 is 2.25 bits per heavy atom. The van der Waals surface area contributed by atoms with Crippen LogP contribution in [0, 0.1) is 13.8 Å². The number of carbonyl (C=O) groups excluding carboxylic acids is 1. The van der Waals surface area contributed by atoms with Crippen molar-refractivity contribution in [2.75, 3.05) is 13.2 Å². The monoisotopic (exact) mass is 225 g/mol. The molecule has 1 aromatic carbocycles. The lowest BCUT2D eigenvalue weighted by Gasteiger charge is -2.11. The van der Waals surface area contributed by atoms with Gasteiger partial charge in [-0.25, -0.2) is 4.79 Å². The highest BCUT2D eigenvalue weighted by atomic mass is 16.6. The highest BCUT2D eigenvalue weighted by Gasteiger charge is 2.22. The van der Waals surface area contributed by atoms with Crippen LogP contribution < -0.4 is 10.1 Å². The number of nitrogens with one attached hydrogen (secondary N) is 1. The Bertz CT molecular complexity index is 549. The summed E-state index contributed by atoms with van der Waals surface area (Å²) in [5.74, 6) is 0.00516. The molecule has 1 saturated heterocycles. The van der Waals surface area contributed by atoms with Crippen molar-refractivity contribution < 1.29 is 19.8 Å². The molecule has 0 aromatic heterocycles. The van der Waals surface area contributed by atoms with Crippen molar-refractivity contribution in [1.29, 1.82) is 0 Å². The van der Waals surface area contributed by atoms with Gasteiger partial charge in [0.05, 0.1) is 12.0 Å². The number of cyclic esters (lactones) is 1. The van der Waals surface area contributed by atoms with Crippen LogP contribution in [0.2, 0.25) is 0 Å². The molecular weight excluding hydrogens is 206 g/mol. The van der Waals surface area contributed by atoms with Gasteiger partial charge in [-0.1, -0.05) is 6.04 Å². The van der Waals surface area contributed by atoms with Crippen LogP contribution in [0.4, 0.5) is 4.79 Å². The van der Waals surface area contributed by atoms with Crippen molar-refractivity contribution in [2.45, 2.75) is 19.9 Å². The third-order valence-corrected chi connectivity index (χ3v) is 2.02. The third kappa shape index (κ3) is 2.66. The molecule has 4 heteroatoms. The Kier molecular flexibility index (Phi) is 1.88. The fraction of sp³-hybridized carbons (Fsp3) is 0.417. The van der Waals surface area contributed by atoms with Gasteiger partial charge in [-0.15, -0.1) is 0 Å². The van der Waals surface area contributed by atoms with E-state index in [1.165, 1.54) is 0 Å². The van der Waals surface area contributed by atoms with Gasteiger partial charge in [0, 0.05) is 0 Å². The number of carbonyl (C=O) groups is 1. The molecule has 1 aliphatic heterocycles. The van der Waals surface area contributed by atoms with Gasteiger partial charge in [-0.3, -0.25) is 0 Å². The zero-order valence-electron chi connectivity index (χ0n) is 13.1. The molecule has 1 heterocycles. The van der Waals surface area contributed by atoms with Gasteiger partial charge >= 0.3 is 6.09 Å². The minimum atomic E-state index is -1.56. The molecule has 0 radical (unpaired) electrons. The summed E-state index contributed by atoms with van der Waals surface area (Å²) in [6, 6.07) is 0.0415. The summed E-state index contributed by atoms with van der Waals surface area (Å²) < 4.78 is 41.6. The first-order chi connectivity index (χ1) is 9.25. The van der Waals surface area contributed by atoms with E-state index in [1.54, 1.807) is 13.8 Å². The van der Waals surface area contributed by atoms with Crippen molar-refractivity contribution >= 4 is 6.09 Å². The Morgan fingerprint density at radius 3 is 2.81 bits per heavy atom. The predicted octanol–water partition coefficient (Wildman–Crippen LogP) is 1.79. The van der Waals surface area contributed by atoms with E-state index in [4.69, 9.17) is 15.0 Å². The van der Waals surface area contributed by atoms with Crippen molar-refractivity contribution in [2.24, 2.45) is 0 Å². The minimum Gasteiger partial charge on any atom is -0.490 e. The number of hydrogen-bond donors (Lipinski definition) is 1. The lowest BCUT2D eigenvalue weighted by molar-refractivity contribution is 0.105. The molecule has 1 atom stereocenters. The van der Waals surface area contributed by atoms with Crippen molar-refractivity contribution in [3.05, 3.63) is 29.3 Å². The normalized spacial score (nSPS) is 27.2. The summed E-state index contributed by atoms with van der Waals surface area (Å²) in [5, 5.41) is 2.36. The smallest absolute Gasteiger partial charge is 0.407 e. The average Bonchev–Trinajstić information content (AvgIpc) is 2.74. The van der Waals surface area contributed by atoms with Crippen LogP contribution in [-0.2, 0) is 4.74 Å². The van der Waals surface area contributed by atoms with Crippen LogP contribution in [0.3, 0.4) is 0 Å². The summed E-state index contributed by atoms with van der Waals surface area (Å²) in [6.45, 7) is 2.93. The first kappa shape index (κ1) is 6.78. The molecule has 1 fully saturated rings. The molecule has 1 unspecified atom stereocenters. The third-order valence-electron chi connectivity index (χ3n) is 2.02. The van der Waals surface area contributed by atoms with Crippen LogP contribution in [-0.4, -0.2) is 25.3 Å². The van der Waals surface area contributed by atoms with Gasteiger partial charge in [0.1, 0.15) is 12.4 Å². The summed E-state index contributed by atoms with van der Waals surface area (Å²) in [4.78, 5) is 10.9. The number of ether oxygens (including phenoxy) is 2. The van der Waals surface area contributed by atoms with Gasteiger partial charge in [0.25, 0.3) is 0 Å².